The number of para-hydroxylation sites is 1. The first-order valence-electron chi connectivity index (χ1n) is 19.5. The van der Waals surface area contributed by atoms with E-state index >= 15 is 4.79 Å². The number of fused-ring (bicyclic) bond motifs is 6. The van der Waals surface area contributed by atoms with E-state index in [0.717, 1.165) is 91.8 Å². The first-order valence-corrected chi connectivity index (χ1v) is 19.5. The molecule has 1 aromatic heterocycles. The number of esters is 2. The third kappa shape index (κ3) is 4.56. The van der Waals surface area contributed by atoms with Crippen molar-refractivity contribution in [3.8, 4) is 5.75 Å². The summed E-state index contributed by atoms with van der Waals surface area (Å²) in [5, 5.41) is 1.14. The molecule has 53 heavy (non-hydrogen) atoms. The zero-order chi connectivity index (χ0) is 36.9. The molecule has 6 heterocycles. The molecule has 1 saturated heterocycles. The first kappa shape index (κ1) is 34.4. The van der Waals surface area contributed by atoms with Crippen molar-refractivity contribution in [3.05, 3.63) is 94.2 Å². The Hall–Kier alpha value is -4.34. The van der Waals surface area contributed by atoms with E-state index in [0.29, 0.717) is 17.7 Å². The fourth-order valence-electron chi connectivity index (χ4n) is 12.0. The van der Waals surface area contributed by atoms with Gasteiger partial charge in [0.05, 0.1) is 32.9 Å². The fraction of sp³-hybridized carbons (Fsp3) is 0.500. The quantitative estimate of drug-likeness (QED) is 0.244. The molecule has 1 N–H and O–H groups in total. The lowest BCUT2D eigenvalue weighted by Crippen LogP contribution is -2.63. The van der Waals surface area contributed by atoms with Crippen molar-refractivity contribution < 1.29 is 23.8 Å². The van der Waals surface area contributed by atoms with Gasteiger partial charge in [0.1, 0.15) is 11.2 Å². The number of H-pyrrole nitrogens is 1. The van der Waals surface area contributed by atoms with Crippen molar-refractivity contribution >= 4 is 28.5 Å². The molecule has 278 valence electrons. The maximum Gasteiger partial charge on any atom is 0.335 e. The summed E-state index contributed by atoms with van der Waals surface area (Å²) >= 11 is 0. The molecular weight excluding hydrogens is 665 g/mol. The van der Waals surface area contributed by atoms with E-state index in [1.807, 2.05) is 0 Å². The molecule has 9 heteroatoms. The molecule has 1 aliphatic carbocycles. The van der Waals surface area contributed by atoms with Gasteiger partial charge in [-0.25, -0.2) is 4.79 Å². The van der Waals surface area contributed by atoms with Gasteiger partial charge in [-0.15, -0.1) is 0 Å². The van der Waals surface area contributed by atoms with Gasteiger partial charge >= 0.3 is 11.9 Å². The summed E-state index contributed by atoms with van der Waals surface area (Å²) in [6.45, 7) is 8.99. The van der Waals surface area contributed by atoms with Gasteiger partial charge in [0.15, 0.2) is 0 Å². The monoisotopic (exact) mass is 716 g/mol. The summed E-state index contributed by atoms with van der Waals surface area (Å²) in [4.78, 5) is 40.3. The maximum absolute atomic E-state index is 15.2. The molecule has 6 aliphatic rings. The standard InChI is InChI=1S/C44H52N4O5/c1-7-27-20-28-23-44(41(50)53-6,37-30(14-18-47(25-27)26-28)29-12-9-10-13-34(29)45-37)33-21-32-35(22-36(33)51-4)46(3)38-31(39(49)52-5)24-42(8-2)15-11-17-48-19-16-43(32,38)40(42)48/h9-13,15,20-22,24,28,38,40,45H,7-8,14,16-19,23,25-26H2,1-6H3/t28-,38+,40+,42+,43+,44+/m1/s1. The number of ether oxygens (including phenoxy) is 3. The highest BCUT2D eigenvalue weighted by molar-refractivity contribution is 5.96. The Bertz CT molecular complexity index is 2110. The number of hydrogen-bond acceptors (Lipinski definition) is 8. The predicted octanol–water partition coefficient (Wildman–Crippen LogP) is 6.06. The van der Waals surface area contributed by atoms with E-state index in [1.165, 1.54) is 25.4 Å². The van der Waals surface area contributed by atoms with Gasteiger partial charge < -0.3 is 24.1 Å². The van der Waals surface area contributed by atoms with Crippen LogP contribution in [0.2, 0.25) is 0 Å². The van der Waals surface area contributed by atoms with Crippen molar-refractivity contribution in [1.82, 2.24) is 14.8 Å². The minimum Gasteiger partial charge on any atom is -0.496 e. The number of nitrogens with one attached hydrogen (secondary N) is 1. The number of aromatic amines is 1. The van der Waals surface area contributed by atoms with Crippen LogP contribution in [-0.2, 0) is 36.3 Å². The number of anilines is 1. The number of likely N-dealkylation sites (N-methyl/N-ethyl adjacent to an activating group) is 1. The van der Waals surface area contributed by atoms with Crippen LogP contribution in [0.4, 0.5) is 5.69 Å². The fourth-order valence-corrected chi connectivity index (χ4v) is 12.0. The molecule has 1 unspecified atom stereocenters. The highest BCUT2D eigenvalue weighted by Gasteiger charge is 2.68. The molecule has 2 aromatic carbocycles. The molecule has 0 saturated carbocycles. The second-order valence-corrected chi connectivity index (χ2v) is 16.3. The Kier molecular flexibility index (Phi) is 8.02. The van der Waals surface area contributed by atoms with Crippen molar-refractivity contribution in [2.75, 3.05) is 66.0 Å². The SMILES string of the molecule is CCC1=C[C@H]2CN(CCc3c([nH]c4ccccc34)[C@@](C(=O)OC)(c3cc4c(cc3OC)N(C)[C@H]3C(C(=O)OC)=C[C@]5(CC)C=CCN6CC[C@]43[C@@H]65)C2)C1. The lowest BCUT2D eigenvalue weighted by molar-refractivity contribution is -0.146. The van der Waals surface area contributed by atoms with E-state index in [1.54, 1.807) is 7.11 Å². The normalized spacial score (nSPS) is 32.7. The zero-order valence-corrected chi connectivity index (χ0v) is 32.0. The average Bonchev–Trinajstić information content (AvgIpc) is 3.85. The van der Waals surface area contributed by atoms with E-state index in [-0.39, 0.29) is 35.4 Å². The molecular formula is C44H52N4O5. The van der Waals surface area contributed by atoms with Crippen molar-refractivity contribution in [1.29, 1.82) is 0 Å². The molecule has 7 atom stereocenters. The number of carbonyl (C=O) groups is 2. The van der Waals surface area contributed by atoms with Crippen LogP contribution in [0.15, 0.2) is 71.8 Å². The van der Waals surface area contributed by atoms with E-state index in [9.17, 15) is 4.79 Å². The molecule has 1 fully saturated rings. The van der Waals surface area contributed by atoms with Crippen molar-refractivity contribution in [2.45, 2.75) is 68.9 Å². The summed E-state index contributed by atoms with van der Waals surface area (Å²) in [7, 11) is 6.82. The predicted molar refractivity (Wildman–Crippen MR) is 207 cm³/mol. The van der Waals surface area contributed by atoms with Crippen LogP contribution >= 0.6 is 0 Å². The molecule has 3 aromatic rings. The number of benzene rings is 2. The van der Waals surface area contributed by atoms with Gasteiger partial charge in [0.25, 0.3) is 0 Å². The minimum atomic E-state index is -1.20. The molecule has 0 amide bonds. The van der Waals surface area contributed by atoms with Crippen LogP contribution in [-0.4, -0.2) is 99.9 Å². The van der Waals surface area contributed by atoms with Crippen LogP contribution in [0.3, 0.4) is 0 Å². The summed E-state index contributed by atoms with van der Waals surface area (Å²) in [5.74, 6) is 0.194. The average molecular weight is 717 g/mol. The Morgan fingerprint density at radius 3 is 2.62 bits per heavy atom. The lowest BCUT2D eigenvalue weighted by atomic mass is 9.54. The largest absolute Gasteiger partial charge is 0.496 e. The van der Waals surface area contributed by atoms with Crippen LogP contribution in [0.25, 0.3) is 10.9 Å². The minimum absolute atomic E-state index is 0.114. The van der Waals surface area contributed by atoms with Gasteiger partial charge in [0, 0.05) is 84.0 Å². The molecule has 5 aliphatic heterocycles. The summed E-state index contributed by atoms with van der Waals surface area (Å²) in [5.41, 5.74) is 6.26. The molecule has 2 bridgehead atoms. The smallest absolute Gasteiger partial charge is 0.335 e. The van der Waals surface area contributed by atoms with Gasteiger partial charge in [-0.3, -0.25) is 14.6 Å². The Morgan fingerprint density at radius 1 is 1.04 bits per heavy atom. The maximum atomic E-state index is 15.2. The van der Waals surface area contributed by atoms with Crippen LogP contribution < -0.4 is 9.64 Å². The number of methoxy groups -OCH3 is 3. The summed E-state index contributed by atoms with van der Waals surface area (Å²) in [6, 6.07) is 12.8. The highest BCUT2D eigenvalue weighted by atomic mass is 16.5. The van der Waals surface area contributed by atoms with Crippen molar-refractivity contribution in [3.63, 3.8) is 0 Å². The molecule has 9 nitrogen and oxygen atoms in total. The lowest BCUT2D eigenvalue weighted by Gasteiger charge is -2.54. The second-order valence-electron chi connectivity index (χ2n) is 16.3. The van der Waals surface area contributed by atoms with Gasteiger partial charge in [0.2, 0.25) is 0 Å². The van der Waals surface area contributed by atoms with E-state index < -0.39 is 10.8 Å². The van der Waals surface area contributed by atoms with Crippen LogP contribution in [0.1, 0.15) is 61.9 Å². The second kappa shape index (κ2) is 12.4. The number of rotatable bonds is 6. The zero-order valence-electron chi connectivity index (χ0n) is 32.0. The van der Waals surface area contributed by atoms with E-state index in [2.05, 4.69) is 101 Å². The summed E-state index contributed by atoms with van der Waals surface area (Å²) < 4.78 is 17.9. The number of hydrogen-bond donors (Lipinski definition) is 1. The molecule has 0 radical (unpaired) electrons. The number of carbonyl (C=O) groups excluding carboxylic acids is 2. The van der Waals surface area contributed by atoms with Gasteiger partial charge in [-0.1, -0.05) is 61.9 Å². The highest BCUT2D eigenvalue weighted by Crippen LogP contribution is 2.65. The van der Waals surface area contributed by atoms with Crippen LogP contribution in [0.5, 0.6) is 5.75 Å². The first-order chi connectivity index (χ1) is 25.7. The van der Waals surface area contributed by atoms with E-state index in [4.69, 9.17) is 14.2 Å². The third-order valence-corrected chi connectivity index (χ3v) is 14.1. The molecule has 9 rings (SSSR count). The Balaban J connectivity index is 1.36. The molecule has 1 spiro atoms. The summed E-state index contributed by atoms with van der Waals surface area (Å²) in [6.07, 6.45) is 13.3. The van der Waals surface area contributed by atoms with Gasteiger partial charge in [-0.05, 0) is 67.8 Å². The number of nitrogens with zero attached hydrogens (tertiary/aromatic N) is 3. The van der Waals surface area contributed by atoms with Crippen molar-refractivity contribution in [2.24, 2.45) is 11.3 Å². The topological polar surface area (TPSA) is 87.3 Å². The third-order valence-electron chi connectivity index (χ3n) is 14.1. The Morgan fingerprint density at radius 2 is 1.87 bits per heavy atom. The van der Waals surface area contributed by atoms with Gasteiger partial charge in [-0.2, -0.15) is 0 Å². The Labute approximate surface area is 312 Å². The van der Waals surface area contributed by atoms with Crippen LogP contribution in [0, 0.1) is 11.3 Å². The number of aromatic nitrogens is 1.